The van der Waals surface area contributed by atoms with Crippen LogP contribution < -0.4 is 14.9 Å². The minimum absolute atomic E-state index is 0.0436. The Kier molecular flexibility index (Phi) is 6.27. The smallest absolute Gasteiger partial charge is 0.256 e. The van der Waals surface area contributed by atoms with Gasteiger partial charge < -0.3 is 15.1 Å². The average Bonchev–Trinajstić information content (AvgIpc) is 3.45. The molecule has 0 spiro atoms. The molecule has 3 heterocycles. The first-order valence-corrected chi connectivity index (χ1v) is 13.4. The molecule has 36 heavy (non-hydrogen) atoms. The predicted molar refractivity (Wildman–Crippen MR) is 136 cm³/mol. The molecule has 5 rings (SSSR count). The molecule has 188 valence electrons. The van der Waals surface area contributed by atoms with Gasteiger partial charge in [-0.15, -0.1) is 0 Å². The molecule has 0 aliphatic carbocycles. The van der Waals surface area contributed by atoms with E-state index in [0.717, 1.165) is 35.6 Å². The van der Waals surface area contributed by atoms with Crippen LogP contribution in [0.1, 0.15) is 39.6 Å². The number of amides is 2. The number of carbonyl (C=O) groups is 2. The minimum Gasteiger partial charge on any atom is -0.341 e. The van der Waals surface area contributed by atoms with E-state index >= 15 is 0 Å². The number of carbonyl (C=O) groups excluding carboxylic acids is 2. The van der Waals surface area contributed by atoms with Crippen LogP contribution in [0.15, 0.2) is 53.4 Å². The maximum absolute atomic E-state index is 12.8. The highest BCUT2D eigenvalue weighted by atomic mass is 32.2. The van der Waals surface area contributed by atoms with Crippen molar-refractivity contribution >= 4 is 39.2 Å². The molecule has 2 aliphatic heterocycles. The number of aromatic nitrogens is 2. The third kappa shape index (κ3) is 4.47. The topological polar surface area (TPSA) is 117 Å². The normalized spacial score (nSPS) is 15.1. The minimum atomic E-state index is -3.59. The van der Waals surface area contributed by atoms with Gasteiger partial charge in [-0.25, -0.2) is 17.8 Å². The molecule has 0 saturated carbocycles. The summed E-state index contributed by atoms with van der Waals surface area (Å²) in [5, 5.41) is 7.31. The third-order valence-corrected chi connectivity index (χ3v) is 7.95. The SMILES string of the molecule is CCCNS(=O)(=O)c1ccc(C(=O)Nc2cc3n(n2)CCN3c2ccc3c(c2)CCN(C)C3=O)cc1. The van der Waals surface area contributed by atoms with Gasteiger partial charge in [0.05, 0.1) is 11.4 Å². The number of fused-ring (bicyclic) bond motifs is 2. The zero-order valence-corrected chi connectivity index (χ0v) is 21.0. The standard InChI is InChI=1S/C25H28N6O4S/c1-3-11-26-36(34,35)20-7-4-17(5-8-20)24(32)27-22-16-23-30(13-14-31(23)28-22)19-6-9-21-18(15-19)10-12-29(2)25(21)33/h4-9,15-16,26H,3,10-14H2,1-2H3,(H,27,28,32). The maximum Gasteiger partial charge on any atom is 0.256 e. The molecule has 0 atom stereocenters. The predicted octanol–water partition coefficient (Wildman–Crippen LogP) is 2.60. The summed E-state index contributed by atoms with van der Waals surface area (Å²) in [4.78, 5) is 29.1. The van der Waals surface area contributed by atoms with Crippen molar-refractivity contribution in [3.8, 4) is 0 Å². The van der Waals surface area contributed by atoms with E-state index in [1.54, 1.807) is 4.90 Å². The Bertz CT molecular complexity index is 1430. The molecule has 0 bridgehead atoms. The van der Waals surface area contributed by atoms with Crippen molar-refractivity contribution in [1.29, 1.82) is 0 Å². The Morgan fingerprint density at radius 3 is 2.58 bits per heavy atom. The van der Waals surface area contributed by atoms with Crippen LogP contribution in [0.5, 0.6) is 0 Å². The van der Waals surface area contributed by atoms with Crippen LogP contribution in [0.4, 0.5) is 17.3 Å². The first-order chi connectivity index (χ1) is 17.3. The highest BCUT2D eigenvalue weighted by molar-refractivity contribution is 7.89. The van der Waals surface area contributed by atoms with Crippen LogP contribution in [-0.4, -0.2) is 61.6 Å². The summed E-state index contributed by atoms with van der Waals surface area (Å²) >= 11 is 0. The van der Waals surface area contributed by atoms with Gasteiger partial charge in [-0.2, -0.15) is 5.10 Å². The first-order valence-electron chi connectivity index (χ1n) is 11.9. The van der Waals surface area contributed by atoms with E-state index < -0.39 is 10.0 Å². The number of anilines is 3. The second-order valence-electron chi connectivity index (χ2n) is 8.96. The van der Waals surface area contributed by atoms with Gasteiger partial charge in [0, 0.05) is 49.6 Å². The lowest BCUT2D eigenvalue weighted by atomic mass is 9.98. The zero-order valence-electron chi connectivity index (χ0n) is 20.2. The summed E-state index contributed by atoms with van der Waals surface area (Å²) in [6, 6.07) is 13.5. The van der Waals surface area contributed by atoms with Crippen LogP contribution in [0.25, 0.3) is 0 Å². The summed E-state index contributed by atoms with van der Waals surface area (Å²) in [6.45, 7) is 4.35. The Labute approximate surface area is 209 Å². The second-order valence-corrected chi connectivity index (χ2v) is 10.7. The summed E-state index contributed by atoms with van der Waals surface area (Å²) < 4.78 is 28.9. The van der Waals surface area contributed by atoms with Gasteiger partial charge in [-0.1, -0.05) is 6.92 Å². The fraction of sp³-hybridized carbons (Fsp3) is 0.320. The molecular weight excluding hydrogens is 480 g/mol. The molecule has 0 radical (unpaired) electrons. The van der Waals surface area contributed by atoms with Crippen LogP contribution in [0.3, 0.4) is 0 Å². The summed E-state index contributed by atoms with van der Waals surface area (Å²) in [6.07, 6.45) is 1.50. The monoisotopic (exact) mass is 508 g/mol. The van der Waals surface area contributed by atoms with E-state index in [2.05, 4.69) is 26.1 Å². The number of nitrogens with one attached hydrogen (secondary N) is 2. The van der Waals surface area contributed by atoms with E-state index in [-0.39, 0.29) is 16.7 Å². The quantitative estimate of drug-likeness (QED) is 0.507. The number of nitrogens with zero attached hydrogens (tertiary/aromatic N) is 4. The van der Waals surface area contributed by atoms with E-state index in [1.807, 2.05) is 36.9 Å². The van der Waals surface area contributed by atoms with Crippen molar-refractivity contribution in [3.63, 3.8) is 0 Å². The highest BCUT2D eigenvalue weighted by Gasteiger charge is 2.27. The molecular formula is C25H28N6O4S. The van der Waals surface area contributed by atoms with Gasteiger partial charge in [-0.05, 0) is 60.9 Å². The first kappa shape index (κ1) is 24.0. The molecule has 2 aromatic carbocycles. The molecule has 0 saturated heterocycles. The van der Waals surface area contributed by atoms with Gasteiger partial charge in [0.15, 0.2) is 5.82 Å². The van der Waals surface area contributed by atoms with Crippen molar-refractivity contribution in [3.05, 3.63) is 65.2 Å². The van der Waals surface area contributed by atoms with Crippen molar-refractivity contribution in [2.45, 2.75) is 31.2 Å². The van der Waals surface area contributed by atoms with Gasteiger partial charge >= 0.3 is 0 Å². The lowest BCUT2D eigenvalue weighted by molar-refractivity contribution is 0.0780. The van der Waals surface area contributed by atoms with Crippen molar-refractivity contribution in [1.82, 2.24) is 19.4 Å². The van der Waals surface area contributed by atoms with Gasteiger partial charge in [0.2, 0.25) is 10.0 Å². The maximum atomic E-state index is 12.8. The van der Waals surface area contributed by atoms with E-state index in [4.69, 9.17) is 0 Å². The molecule has 0 fully saturated rings. The zero-order chi connectivity index (χ0) is 25.4. The molecule has 2 aliphatic rings. The molecule has 11 heteroatoms. The Balaban J connectivity index is 1.30. The van der Waals surface area contributed by atoms with Crippen LogP contribution in [0.2, 0.25) is 0 Å². The number of hydrogen-bond donors (Lipinski definition) is 2. The molecule has 10 nitrogen and oxygen atoms in total. The van der Waals surface area contributed by atoms with Crippen molar-refractivity contribution < 1.29 is 18.0 Å². The third-order valence-electron chi connectivity index (χ3n) is 6.48. The van der Waals surface area contributed by atoms with Crippen molar-refractivity contribution in [2.24, 2.45) is 0 Å². The lowest BCUT2D eigenvalue weighted by Gasteiger charge is -2.26. The molecule has 2 N–H and O–H groups in total. The van der Waals surface area contributed by atoms with Crippen LogP contribution in [-0.2, 0) is 23.0 Å². The highest BCUT2D eigenvalue weighted by Crippen LogP contribution is 2.34. The van der Waals surface area contributed by atoms with Gasteiger partial charge in [0.1, 0.15) is 5.82 Å². The fourth-order valence-electron chi connectivity index (χ4n) is 4.47. The lowest BCUT2D eigenvalue weighted by Crippen LogP contribution is -2.34. The Hall–Kier alpha value is -3.70. The molecule has 3 aromatic rings. The molecule has 0 unspecified atom stereocenters. The average molecular weight is 509 g/mol. The summed E-state index contributed by atoms with van der Waals surface area (Å²) in [7, 11) is -1.78. The largest absolute Gasteiger partial charge is 0.341 e. The van der Waals surface area contributed by atoms with E-state index in [9.17, 15) is 18.0 Å². The molecule has 2 amide bonds. The number of benzene rings is 2. The number of sulfonamides is 1. The summed E-state index contributed by atoms with van der Waals surface area (Å²) in [5.74, 6) is 0.936. The van der Waals surface area contributed by atoms with Crippen molar-refractivity contribution in [2.75, 3.05) is 36.9 Å². The van der Waals surface area contributed by atoms with Gasteiger partial charge in [0.25, 0.3) is 11.8 Å². The Morgan fingerprint density at radius 1 is 1.06 bits per heavy atom. The fourth-order valence-corrected chi connectivity index (χ4v) is 5.61. The number of rotatable bonds is 7. The number of hydrogen-bond acceptors (Lipinski definition) is 6. The summed E-state index contributed by atoms with van der Waals surface area (Å²) in [5.41, 5.74) is 3.10. The second kappa shape index (κ2) is 9.40. The Morgan fingerprint density at radius 2 is 1.83 bits per heavy atom. The van der Waals surface area contributed by atoms with E-state index in [1.165, 1.54) is 24.3 Å². The van der Waals surface area contributed by atoms with Gasteiger partial charge in [-0.3, -0.25) is 9.59 Å². The van der Waals surface area contributed by atoms with E-state index in [0.29, 0.717) is 37.4 Å². The van der Waals surface area contributed by atoms with Crippen LogP contribution >= 0.6 is 0 Å². The van der Waals surface area contributed by atoms with Crippen LogP contribution in [0, 0.1) is 0 Å². The number of likely N-dealkylation sites (N-methyl/N-ethyl adjacent to an activating group) is 1. The molecule has 1 aromatic heterocycles.